The Labute approximate surface area is 211 Å². The van der Waals surface area contributed by atoms with Crippen molar-refractivity contribution in [3.63, 3.8) is 0 Å². The van der Waals surface area contributed by atoms with Gasteiger partial charge in [0.1, 0.15) is 0 Å². The summed E-state index contributed by atoms with van der Waals surface area (Å²) >= 11 is 0. The Morgan fingerprint density at radius 3 is 2.51 bits per heavy atom. The van der Waals surface area contributed by atoms with Crippen molar-refractivity contribution >= 4 is 10.1 Å². The Balaban J connectivity index is 1.31. The monoisotopic (exact) mass is 502 g/mol. The van der Waals surface area contributed by atoms with E-state index in [0.717, 1.165) is 37.7 Å². The molecule has 0 aliphatic heterocycles. The van der Waals surface area contributed by atoms with Crippen molar-refractivity contribution < 1.29 is 22.8 Å². The zero-order valence-electron chi connectivity index (χ0n) is 21.6. The average molecular weight is 503 g/mol. The van der Waals surface area contributed by atoms with Crippen LogP contribution in [0.5, 0.6) is 0 Å². The minimum Gasteiger partial charge on any atom is -0.393 e. The normalized spacial score (nSPS) is 41.9. The number of hydrogen-bond donors (Lipinski definition) is 2. The molecule has 5 nitrogen and oxygen atoms in total. The molecule has 0 heterocycles. The average Bonchev–Trinajstić information content (AvgIpc) is 3.16. The highest BCUT2D eigenvalue weighted by molar-refractivity contribution is 7.86. The van der Waals surface area contributed by atoms with Gasteiger partial charge >= 0.3 is 0 Å². The van der Waals surface area contributed by atoms with E-state index in [1.165, 1.54) is 5.57 Å². The highest BCUT2D eigenvalue weighted by Gasteiger charge is 2.61. The molecule has 0 radical (unpaired) electrons. The summed E-state index contributed by atoms with van der Waals surface area (Å²) in [6.45, 7) is 8.98. The molecule has 194 valence electrons. The number of aliphatic hydroxyl groups excluding tert-OH is 2. The van der Waals surface area contributed by atoms with Crippen LogP contribution in [0.25, 0.3) is 0 Å². The maximum Gasteiger partial charge on any atom is 0.296 e. The van der Waals surface area contributed by atoms with Gasteiger partial charge in [-0.25, -0.2) is 0 Å². The second-order valence-corrected chi connectivity index (χ2v) is 14.1. The molecule has 6 heteroatoms. The van der Waals surface area contributed by atoms with Crippen LogP contribution < -0.4 is 0 Å². The lowest BCUT2D eigenvalue weighted by Gasteiger charge is -2.59. The molecule has 1 aromatic carbocycles. The Hall–Kier alpha value is -1.21. The van der Waals surface area contributed by atoms with Gasteiger partial charge in [0.15, 0.2) is 0 Å². The van der Waals surface area contributed by atoms with Gasteiger partial charge in [-0.05, 0) is 92.6 Å². The van der Waals surface area contributed by atoms with Crippen LogP contribution in [-0.2, 0) is 14.3 Å². The summed E-state index contributed by atoms with van der Waals surface area (Å²) in [6, 6.07) is 6.84. The van der Waals surface area contributed by atoms with Crippen LogP contribution in [0, 0.1) is 47.3 Å². The van der Waals surface area contributed by atoms with Gasteiger partial charge < -0.3 is 10.2 Å². The first-order chi connectivity index (χ1) is 16.5. The fourth-order valence-corrected chi connectivity index (χ4v) is 9.76. The third-order valence-electron chi connectivity index (χ3n) is 10.7. The number of aliphatic hydroxyl groups is 2. The fourth-order valence-electron chi connectivity index (χ4n) is 8.76. The lowest BCUT2D eigenvalue weighted by molar-refractivity contribution is -0.108. The fraction of sp³-hybridized carbons (Fsp3) is 0.724. The topological polar surface area (TPSA) is 83.8 Å². The van der Waals surface area contributed by atoms with Gasteiger partial charge in [-0.1, -0.05) is 50.1 Å². The standard InChI is InChI=1S/C29H42O5S/c1-18-5-8-22(9-6-18)35(32,33)34-17-19(2)24-11-12-25-23-10-7-20-15-21(30)16-27(31)29(20,4)26(23)13-14-28(24,25)3/h5-9,19,21,23-27,30-31H,10-17H2,1-4H3/t19-,21-,23+,24-,25+,26+,27+,28-,29+/m1/s1. The molecule has 4 aliphatic rings. The van der Waals surface area contributed by atoms with Crippen LogP contribution in [0.2, 0.25) is 0 Å². The third kappa shape index (κ3) is 4.13. The second-order valence-electron chi connectivity index (χ2n) is 12.5. The largest absolute Gasteiger partial charge is 0.393 e. The van der Waals surface area contributed by atoms with E-state index in [-0.39, 0.29) is 28.3 Å². The first-order valence-electron chi connectivity index (χ1n) is 13.5. The minimum atomic E-state index is -3.76. The van der Waals surface area contributed by atoms with Crippen LogP contribution in [0.4, 0.5) is 0 Å². The van der Waals surface area contributed by atoms with E-state index in [1.54, 1.807) is 24.3 Å². The second kappa shape index (κ2) is 8.97. The molecule has 3 saturated carbocycles. The molecule has 2 N–H and O–H groups in total. The molecule has 0 aromatic heterocycles. The molecule has 4 aliphatic carbocycles. The number of rotatable bonds is 5. The van der Waals surface area contributed by atoms with Crippen LogP contribution >= 0.6 is 0 Å². The highest BCUT2D eigenvalue weighted by atomic mass is 32.2. The van der Waals surface area contributed by atoms with Gasteiger partial charge in [-0.3, -0.25) is 4.18 Å². The maximum absolute atomic E-state index is 12.8. The van der Waals surface area contributed by atoms with Crippen molar-refractivity contribution in [2.24, 2.45) is 40.4 Å². The van der Waals surface area contributed by atoms with Gasteiger partial charge in [-0.15, -0.1) is 0 Å². The summed E-state index contributed by atoms with van der Waals surface area (Å²) in [5, 5.41) is 21.4. The highest BCUT2D eigenvalue weighted by Crippen LogP contribution is 2.67. The van der Waals surface area contributed by atoms with Gasteiger partial charge in [0.25, 0.3) is 10.1 Å². The Morgan fingerprint density at radius 2 is 1.80 bits per heavy atom. The summed E-state index contributed by atoms with van der Waals surface area (Å²) < 4.78 is 31.1. The lowest BCUT2D eigenvalue weighted by Crippen LogP contribution is -2.55. The Morgan fingerprint density at radius 1 is 1.09 bits per heavy atom. The van der Waals surface area contributed by atoms with Gasteiger partial charge in [-0.2, -0.15) is 8.42 Å². The SMILES string of the molecule is Cc1ccc(S(=O)(=O)OC[C@@H](C)[C@H]2CC[C@H]3[C@@H]4CC=C5C[C@@H](O)C[C@H](O)[C@]5(C)[C@H]4CC[C@]23C)cc1. The molecule has 35 heavy (non-hydrogen) atoms. The van der Waals surface area contributed by atoms with Crippen molar-refractivity contribution in [1.29, 1.82) is 0 Å². The van der Waals surface area contributed by atoms with Gasteiger partial charge in [0.2, 0.25) is 0 Å². The Kier molecular flexibility index (Phi) is 6.52. The summed E-state index contributed by atoms with van der Waals surface area (Å²) in [7, 11) is -3.76. The van der Waals surface area contributed by atoms with Crippen molar-refractivity contribution in [1.82, 2.24) is 0 Å². The molecule has 3 fully saturated rings. The van der Waals surface area contributed by atoms with Gasteiger partial charge in [0.05, 0.1) is 23.7 Å². The van der Waals surface area contributed by atoms with Crippen LogP contribution in [0.15, 0.2) is 40.8 Å². The predicted octanol–water partition coefficient (Wildman–Crippen LogP) is 5.25. The van der Waals surface area contributed by atoms with Crippen molar-refractivity contribution in [2.45, 2.75) is 89.7 Å². The van der Waals surface area contributed by atoms with Crippen LogP contribution in [0.3, 0.4) is 0 Å². The first-order valence-corrected chi connectivity index (χ1v) is 14.9. The van der Waals surface area contributed by atoms with E-state index >= 15 is 0 Å². The molecular formula is C29H42O5S. The van der Waals surface area contributed by atoms with Gasteiger partial charge in [0, 0.05) is 11.8 Å². The van der Waals surface area contributed by atoms with Crippen molar-refractivity contribution in [3.05, 3.63) is 41.5 Å². The zero-order chi connectivity index (χ0) is 25.2. The number of hydrogen-bond acceptors (Lipinski definition) is 5. The molecular weight excluding hydrogens is 460 g/mol. The molecule has 9 atom stereocenters. The summed E-state index contributed by atoms with van der Waals surface area (Å²) in [4.78, 5) is 0.223. The van der Waals surface area contributed by atoms with Crippen molar-refractivity contribution in [3.8, 4) is 0 Å². The smallest absolute Gasteiger partial charge is 0.296 e. The molecule has 0 unspecified atom stereocenters. The molecule has 1 aromatic rings. The van der Waals surface area contributed by atoms with Crippen LogP contribution in [0.1, 0.15) is 71.3 Å². The maximum atomic E-state index is 12.8. The summed E-state index contributed by atoms with van der Waals surface area (Å²) in [6.07, 6.45) is 8.11. The first kappa shape index (κ1) is 25.4. The number of allylic oxidation sites excluding steroid dienone is 1. The van der Waals surface area contributed by atoms with E-state index in [0.29, 0.717) is 36.5 Å². The Bertz CT molecular complexity index is 1080. The molecule has 5 rings (SSSR count). The molecule has 0 spiro atoms. The van der Waals surface area contributed by atoms with E-state index in [4.69, 9.17) is 4.18 Å². The number of benzene rings is 1. The number of fused-ring (bicyclic) bond motifs is 5. The van der Waals surface area contributed by atoms with Crippen LogP contribution in [-0.4, -0.2) is 37.4 Å². The third-order valence-corrected chi connectivity index (χ3v) is 12.0. The zero-order valence-corrected chi connectivity index (χ0v) is 22.4. The molecule has 0 saturated heterocycles. The van der Waals surface area contributed by atoms with E-state index in [9.17, 15) is 18.6 Å². The molecule has 0 bridgehead atoms. The predicted molar refractivity (Wildman–Crippen MR) is 136 cm³/mol. The quantitative estimate of drug-likeness (QED) is 0.425. The summed E-state index contributed by atoms with van der Waals surface area (Å²) in [5.74, 6) is 2.16. The van der Waals surface area contributed by atoms with E-state index in [2.05, 4.69) is 26.8 Å². The number of aryl methyl sites for hydroxylation is 1. The van der Waals surface area contributed by atoms with E-state index in [1.807, 2.05) is 6.92 Å². The van der Waals surface area contributed by atoms with E-state index < -0.39 is 22.3 Å². The summed E-state index contributed by atoms with van der Waals surface area (Å²) in [5.41, 5.74) is 2.23. The lowest BCUT2D eigenvalue weighted by atomic mass is 9.46. The molecule has 0 amide bonds. The van der Waals surface area contributed by atoms with Crippen molar-refractivity contribution in [2.75, 3.05) is 6.61 Å². The minimum absolute atomic E-state index is 0.155.